The van der Waals surface area contributed by atoms with Crippen molar-refractivity contribution >= 4 is 22.9 Å². The van der Waals surface area contributed by atoms with Gasteiger partial charge in [0.1, 0.15) is 17.8 Å². The molecule has 27 heavy (non-hydrogen) atoms. The van der Waals surface area contributed by atoms with Crippen LogP contribution in [0.25, 0.3) is 22.6 Å². The van der Waals surface area contributed by atoms with Gasteiger partial charge in [0.05, 0.1) is 0 Å². The Labute approximate surface area is 156 Å². The van der Waals surface area contributed by atoms with Crippen molar-refractivity contribution in [2.75, 3.05) is 5.75 Å². The van der Waals surface area contributed by atoms with Gasteiger partial charge in [0.15, 0.2) is 5.65 Å². The number of hydrogen-bond acceptors (Lipinski definition) is 3. The summed E-state index contributed by atoms with van der Waals surface area (Å²) in [5, 5.41) is 0. The molecule has 0 saturated carbocycles. The lowest BCUT2D eigenvalue weighted by atomic mass is 10.1. The third kappa shape index (κ3) is 4.07. The molecule has 144 valence electrons. The second kappa shape index (κ2) is 7.10. The highest BCUT2D eigenvalue weighted by molar-refractivity contribution is 7.99. The van der Waals surface area contributed by atoms with Crippen molar-refractivity contribution in [1.29, 1.82) is 0 Å². The number of alkyl halides is 5. The highest BCUT2D eigenvalue weighted by Crippen LogP contribution is 2.40. The van der Waals surface area contributed by atoms with Gasteiger partial charge in [-0.1, -0.05) is 25.1 Å². The summed E-state index contributed by atoms with van der Waals surface area (Å²) >= 11 is 1.61. The highest BCUT2D eigenvalue weighted by atomic mass is 32.2. The predicted octanol–water partition coefficient (Wildman–Crippen LogP) is 5.79. The van der Waals surface area contributed by atoms with Crippen LogP contribution in [0.15, 0.2) is 41.4 Å². The summed E-state index contributed by atoms with van der Waals surface area (Å²) in [5.41, 5.74) is 0.470. The average Bonchev–Trinajstić information content (AvgIpc) is 2.90. The zero-order valence-electron chi connectivity index (χ0n) is 14.5. The van der Waals surface area contributed by atoms with Gasteiger partial charge < -0.3 is 4.57 Å². The number of benzene rings is 1. The van der Waals surface area contributed by atoms with Crippen LogP contribution in [0.1, 0.15) is 18.9 Å². The first kappa shape index (κ1) is 19.6. The predicted molar refractivity (Wildman–Crippen MR) is 94.9 cm³/mol. The quantitative estimate of drug-likeness (QED) is 0.400. The molecule has 3 rings (SSSR count). The van der Waals surface area contributed by atoms with E-state index in [0.29, 0.717) is 11.5 Å². The van der Waals surface area contributed by atoms with E-state index in [1.807, 2.05) is 31.2 Å². The highest BCUT2D eigenvalue weighted by Gasteiger charge is 2.45. The zero-order chi connectivity index (χ0) is 19.8. The van der Waals surface area contributed by atoms with E-state index in [-0.39, 0.29) is 5.52 Å². The van der Waals surface area contributed by atoms with Crippen molar-refractivity contribution in [3.63, 3.8) is 0 Å². The number of rotatable bonds is 5. The summed E-state index contributed by atoms with van der Waals surface area (Å²) in [6, 6.07) is 8.49. The maximum absolute atomic E-state index is 14.0. The van der Waals surface area contributed by atoms with E-state index in [9.17, 15) is 22.0 Å². The number of aryl methyl sites for hydroxylation is 1. The number of pyridine rings is 1. The molecule has 3 aromatic rings. The van der Waals surface area contributed by atoms with Gasteiger partial charge in [0, 0.05) is 29.3 Å². The molecule has 0 atom stereocenters. The average molecular weight is 401 g/mol. The van der Waals surface area contributed by atoms with Crippen LogP contribution in [0.2, 0.25) is 0 Å². The first-order valence-corrected chi connectivity index (χ1v) is 9.10. The van der Waals surface area contributed by atoms with E-state index < -0.39 is 24.1 Å². The molecule has 2 aromatic heterocycles. The first-order valence-electron chi connectivity index (χ1n) is 8.12. The second-order valence-electron chi connectivity index (χ2n) is 5.99. The normalized spacial score (nSPS) is 12.7. The number of imidazole rings is 1. The summed E-state index contributed by atoms with van der Waals surface area (Å²) in [6.07, 6.45) is -6.43. The second-order valence-corrected chi connectivity index (χ2v) is 7.29. The molecule has 0 aliphatic heterocycles. The lowest BCUT2D eigenvalue weighted by Gasteiger charge is -2.17. The van der Waals surface area contributed by atoms with Crippen molar-refractivity contribution in [3.05, 3.63) is 42.1 Å². The van der Waals surface area contributed by atoms with E-state index >= 15 is 0 Å². The molecule has 0 aliphatic rings. The van der Waals surface area contributed by atoms with Gasteiger partial charge in [0.25, 0.3) is 5.92 Å². The molecule has 0 spiro atoms. The summed E-state index contributed by atoms with van der Waals surface area (Å²) in [4.78, 5) is 9.29. The molecular formula is C18H16F5N3S. The van der Waals surface area contributed by atoms with Crippen LogP contribution in [-0.4, -0.2) is 26.5 Å². The number of aromatic nitrogens is 3. The molecule has 0 saturated heterocycles. The summed E-state index contributed by atoms with van der Waals surface area (Å²) in [7, 11) is 1.69. The molecule has 3 nitrogen and oxygen atoms in total. The summed E-state index contributed by atoms with van der Waals surface area (Å²) in [5.74, 6) is -2.70. The molecule has 9 heteroatoms. The number of thioether (sulfide) groups is 1. The number of halogens is 5. The van der Waals surface area contributed by atoms with E-state index in [0.717, 1.165) is 28.5 Å². The molecule has 0 bridgehead atoms. The summed E-state index contributed by atoms with van der Waals surface area (Å²) in [6.45, 7) is 2.01. The van der Waals surface area contributed by atoms with Crippen molar-refractivity contribution in [1.82, 2.24) is 14.5 Å². The van der Waals surface area contributed by atoms with E-state index in [4.69, 9.17) is 0 Å². The fourth-order valence-corrected chi connectivity index (χ4v) is 3.60. The maximum atomic E-state index is 14.0. The number of fused-ring (bicyclic) bond motifs is 1. The Kier molecular flexibility index (Phi) is 5.16. The third-order valence-electron chi connectivity index (χ3n) is 3.98. The standard InChI is InChI=1S/C18H16F5N3S/c1-3-27-14-7-5-4-6-12(14)15-25-13-8-11(9-24-16(13)26(15)2)17(19,20)10-18(21,22)23/h4-9H,3,10H2,1-2H3. The monoisotopic (exact) mass is 401 g/mol. The van der Waals surface area contributed by atoms with E-state index in [1.165, 1.54) is 0 Å². The van der Waals surface area contributed by atoms with Crippen LogP contribution >= 0.6 is 11.8 Å². The van der Waals surface area contributed by atoms with Gasteiger partial charge in [-0.05, 0) is 17.9 Å². The molecule has 0 radical (unpaired) electrons. The van der Waals surface area contributed by atoms with Crippen LogP contribution in [-0.2, 0) is 13.0 Å². The zero-order valence-corrected chi connectivity index (χ0v) is 15.3. The van der Waals surface area contributed by atoms with Crippen LogP contribution in [0, 0.1) is 0 Å². The first-order chi connectivity index (χ1) is 12.6. The largest absolute Gasteiger partial charge is 0.395 e. The molecule has 0 fully saturated rings. The van der Waals surface area contributed by atoms with Crippen molar-refractivity contribution in [3.8, 4) is 11.4 Å². The lowest BCUT2D eigenvalue weighted by molar-refractivity contribution is -0.191. The Morgan fingerprint density at radius 3 is 2.48 bits per heavy atom. The molecule has 2 heterocycles. The van der Waals surface area contributed by atoms with E-state index in [2.05, 4.69) is 9.97 Å². The Balaban J connectivity index is 2.08. The third-order valence-corrected chi connectivity index (χ3v) is 4.94. The number of hydrogen-bond donors (Lipinski definition) is 0. The molecule has 0 aliphatic carbocycles. The van der Waals surface area contributed by atoms with Crippen LogP contribution in [0.3, 0.4) is 0 Å². The Morgan fingerprint density at radius 1 is 1.11 bits per heavy atom. The fraction of sp³-hybridized carbons (Fsp3) is 0.333. The Morgan fingerprint density at radius 2 is 1.81 bits per heavy atom. The Hall–Kier alpha value is -2.16. The van der Waals surface area contributed by atoms with Crippen molar-refractivity contribution in [2.24, 2.45) is 7.05 Å². The molecule has 0 unspecified atom stereocenters. The van der Waals surface area contributed by atoms with Gasteiger partial charge >= 0.3 is 6.18 Å². The molecular weight excluding hydrogens is 385 g/mol. The SMILES string of the molecule is CCSc1ccccc1-c1nc2cc(C(F)(F)CC(F)(F)F)cnc2n1C. The number of nitrogens with zero attached hydrogens (tertiary/aromatic N) is 3. The van der Waals surface area contributed by atoms with Gasteiger partial charge in [-0.2, -0.15) is 13.2 Å². The van der Waals surface area contributed by atoms with Crippen LogP contribution < -0.4 is 0 Å². The van der Waals surface area contributed by atoms with Gasteiger partial charge in [-0.3, -0.25) is 0 Å². The fourth-order valence-electron chi connectivity index (χ4n) is 2.80. The minimum atomic E-state index is -4.98. The minimum absolute atomic E-state index is 0.128. The van der Waals surface area contributed by atoms with Crippen LogP contribution in [0.4, 0.5) is 22.0 Å². The van der Waals surface area contributed by atoms with Crippen molar-refractivity contribution in [2.45, 2.75) is 30.3 Å². The lowest BCUT2D eigenvalue weighted by Crippen LogP contribution is -2.23. The molecule has 0 N–H and O–H groups in total. The molecule has 1 aromatic carbocycles. The Bertz CT molecular complexity index is 965. The molecule has 0 amide bonds. The van der Waals surface area contributed by atoms with Gasteiger partial charge in [-0.15, -0.1) is 11.8 Å². The minimum Gasteiger partial charge on any atom is -0.312 e. The smallest absolute Gasteiger partial charge is 0.312 e. The van der Waals surface area contributed by atoms with Crippen molar-refractivity contribution < 1.29 is 22.0 Å². The topological polar surface area (TPSA) is 30.7 Å². The van der Waals surface area contributed by atoms with Gasteiger partial charge in [0.2, 0.25) is 0 Å². The maximum Gasteiger partial charge on any atom is 0.395 e. The summed E-state index contributed by atoms with van der Waals surface area (Å²) < 4.78 is 66.9. The van der Waals surface area contributed by atoms with E-state index in [1.54, 1.807) is 23.4 Å². The van der Waals surface area contributed by atoms with Crippen LogP contribution in [0.5, 0.6) is 0 Å². The van der Waals surface area contributed by atoms with Gasteiger partial charge in [-0.25, -0.2) is 18.7 Å².